The maximum absolute atomic E-state index is 14.9. The zero-order valence-electron chi connectivity index (χ0n) is 22.7. The van der Waals surface area contributed by atoms with Crippen molar-refractivity contribution in [1.29, 1.82) is 0 Å². The summed E-state index contributed by atoms with van der Waals surface area (Å²) in [6.07, 6.45) is 5.93. The van der Waals surface area contributed by atoms with Crippen molar-refractivity contribution in [2.75, 3.05) is 49.6 Å². The highest BCUT2D eigenvalue weighted by atomic mass is 19.1. The minimum atomic E-state index is -0.320. The number of aromatic nitrogens is 2. The van der Waals surface area contributed by atoms with Crippen molar-refractivity contribution in [2.24, 2.45) is 5.92 Å². The Kier molecular flexibility index (Phi) is 7.01. The standard InChI is InChI=1S/C30H36FN5O3/c1-3-22-23(31)9-8-20-14-21(37)15-25(26(20)22)36-17-24-27(29(36)38)28(35-11-6-4-5-7-12-35)33-30(32-24)39-18-19-10-13-34(2)16-19/h8-9,14-15,19,37H,3-7,10-13,16-18H2,1-2H3/t19-/m1/s1. The van der Waals surface area contributed by atoms with Gasteiger partial charge in [-0.05, 0) is 62.4 Å². The Hall–Kier alpha value is -3.46. The summed E-state index contributed by atoms with van der Waals surface area (Å²) >= 11 is 0. The summed E-state index contributed by atoms with van der Waals surface area (Å²) < 4.78 is 21.0. The Morgan fingerprint density at radius 3 is 2.62 bits per heavy atom. The van der Waals surface area contributed by atoms with E-state index in [-0.39, 0.29) is 24.0 Å². The number of carbonyl (C=O) groups excluding carboxylic acids is 1. The number of phenols is 1. The second kappa shape index (κ2) is 10.6. The van der Waals surface area contributed by atoms with Crippen LogP contribution in [-0.2, 0) is 13.0 Å². The predicted molar refractivity (Wildman–Crippen MR) is 149 cm³/mol. The molecular weight excluding hydrogens is 497 g/mol. The van der Waals surface area contributed by atoms with Crippen LogP contribution in [0.5, 0.6) is 11.8 Å². The van der Waals surface area contributed by atoms with Crippen molar-refractivity contribution in [3.8, 4) is 11.8 Å². The predicted octanol–water partition coefficient (Wildman–Crippen LogP) is 4.91. The SMILES string of the molecule is CCc1c(F)ccc2cc(O)cc(N3Cc4nc(OC[C@@H]5CCN(C)C5)nc(N5CCCCCC5)c4C3=O)c12. The first-order chi connectivity index (χ1) is 18.9. The fraction of sp³-hybridized carbons (Fsp3) is 0.500. The number of ether oxygens (including phenoxy) is 1. The number of hydrogen-bond acceptors (Lipinski definition) is 7. The van der Waals surface area contributed by atoms with Crippen molar-refractivity contribution in [3.05, 3.63) is 46.9 Å². The Labute approximate surface area is 228 Å². The van der Waals surface area contributed by atoms with E-state index < -0.39 is 0 Å². The molecule has 0 saturated carbocycles. The van der Waals surface area contributed by atoms with E-state index in [0.717, 1.165) is 58.3 Å². The zero-order valence-corrected chi connectivity index (χ0v) is 22.7. The van der Waals surface area contributed by atoms with Gasteiger partial charge < -0.3 is 24.5 Å². The molecule has 0 aliphatic carbocycles. The van der Waals surface area contributed by atoms with E-state index in [1.165, 1.54) is 6.07 Å². The Morgan fingerprint density at radius 2 is 1.90 bits per heavy atom. The third-order valence-corrected chi connectivity index (χ3v) is 8.33. The van der Waals surface area contributed by atoms with Crippen molar-refractivity contribution in [3.63, 3.8) is 0 Å². The second-order valence-corrected chi connectivity index (χ2v) is 11.1. The molecule has 8 nitrogen and oxygen atoms in total. The van der Waals surface area contributed by atoms with Crippen LogP contribution in [0.4, 0.5) is 15.9 Å². The summed E-state index contributed by atoms with van der Waals surface area (Å²) in [4.78, 5) is 29.7. The van der Waals surface area contributed by atoms with Crippen LogP contribution in [-0.4, -0.2) is 65.7 Å². The molecule has 6 rings (SSSR count). The molecule has 0 bridgehead atoms. The first-order valence-electron chi connectivity index (χ1n) is 14.2. The zero-order chi connectivity index (χ0) is 27.1. The van der Waals surface area contributed by atoms with Crippen LogP contribution in [0.25, 0.3) is 10.8 Å². The van der Waals surface area contributed by atoms with Gasteiger partial charge in [-0.15, -0.1) is 0 Å². The van der Waals surface area contributed by atoms with Gasteiger partial charge in [0.15, 0.2) is 0 Å². The second-order valence-electron chi connectivity index (χ2n) is 11.1. The van der Waals surface area contributed by atoms with E-state index in [2.05, 4.69) is 16.8 Å². The van der Waals surface area contributed by atoms with Crippen LogP contribution in [0.3, 0.4) is 0 Å². The van der Waals surface area contributed by atoms with Gasteiger partial charge in [0.05, 0.1) is 24.5 Å². The lowest BCUT2D eigenvalue weighted by atomic mass is 9.99. The summed E-state index contributed by atoms with van der Waals surface area (Å²) in [6, 6.07) is 6.53. The Morgan fingerprint density at radius 1 is 1.10 bits per heavy atom. The summed E-state index contributed by atoms with van der Waals surface area (Å²) in [6.45, 7) is 6.32. The van der Waals surface area contributed by atoms with Gasteiger partial charge in [-0.25, -0.2) is 4.39 Å². The van der Waals surface area contributed by atoms with E-state index in [1.807, 2.05) is 6.92 Å². The molecule has 3 aromatic rings. The summed E-state index contributed by atoms with van der Waals surface area (Å²) in [5, 5.41) is 11.9. The molecule has 39 heavy (non-hydrogen) atoms. The highest BCUT2D eigenvalue weighted by molar-refractivity contribution is 6.16. The molecule has 1 atom stereocenters. The van der Waals surface area contributed by atoms with E-state index in [9.17, 15) is 14.3 Å². The molecular formula is C30H36FN5O3. The molecule has 3 aliphatic heterocycles. The highest BCUT2D eigenvalue weighted by Gasteiger charge is 2.37. The molecule has 1 amide bonds. The molecule has 0 spiro atoms. The number of carbonyl (C=O) groups is 1. The van der Waals surface area contributed by atoms with E-state index in [4.69, 9.17) is 14.7 Å². The number of amides is 1. The number of hydrogen-bond donors (Lipinski definition) is 1. The van der Waals surface area contributed by atoms with Crippen LogP contribution in [0.2, 0.25) is 0 Å². The number of nitrogens with zero attached hydrogens (tertiary/aromatic N) is 5. The van der Waals surface area contributed by atoms with Gasteiger partial charge in [0.1, 0.15) is 22.9 Å². The molecule has 2 aromatic carbocycles. The number of anilines is 2. The number of rotatable bonds is 6. The number of aromatic hydroxyl groups is 1. The monoisotopic (exact) mass is 533 g/mol. The van der Waals surface area contributed by atoms with Crippen molar-refractivity contribution in [2.45, 2.75) is 52.0 Å². The Bertz CT molecular complexity index is 1410. The number of halogens is 1. The van der Waals surface area contributed by atoms with Crippen LogP contribution < -0.4 is 14.5 Å². The molecule has 206 valence electrons. The lowest BCUT2D eigenvalue weighted by Gasteiger charge is -2.24. The van der Waals surface area contributed by atoms with Gasteiger partial charge in [0.2, 0.25) is 0 Å². The van der Waals surface area contributed by atoms with Crippen LogP contribution >= 0.6 is 0 Å². The summed E-state index contributed by atoms with van der Waals surface area (Å²) in [5.41, 5.74) is 2.10. The maximum Gasteiger partial charge on any atom is 0.318 e. The molecule has 2 fully saturated rings. The average Bonchev–Trinajstić information content (AvgIpc) is 3.36. The van der Waals surface area contributed by atoms with Crippen molar-refractivity contribution in [1.82, 2.24) is 14.9 Å². The van der Waals surface area contributed by atoms with Gasteiger partial charge in [-0.1, -0.05) is 25.8 Å². The van der Waals surface area contributed by atoms with Gasteiger partial charge in [-0.2, -0.15) is 9.97 Å². The lowest BCUT2D eigenvalue weighted by Crippen LogP contribution is -2.29. The van der Waals surface area contributed by atoms with E-state index in [0.29, 0.717) is 64.1 Å². The topological polar surface area (TPSA) is 82.0 Å². The summed E-state index contributed by atoms with van der Waals surface area (Å²) in [7, 11) is 2.12. The number of phenolic OH excluding ortho intramolecular Hbond substituents is 1. The van der Waals surface area contributed by atoms with Crippen LogP contribution in [0.1, 0.15) is 60.6 Å². The van der Waals surface area contributed by atoms with Gasteiger partial charge in [0.25, 0.3) is 5.91 Å². The maximum atomic E-state index is 14.9. The molecule has 4 heterocycles. The molecule has 3 aliphatic rings. The fourth-order valence-corrected chi connectivity index (χ4v) is 6.32. The summed E-state index contributed by atoms with van der Waals surface area (Å²) in [5.74, 6) is 0.525. The number of benzene rings is 2. The smallest absolute Gasteiger partial charge is 0.318 e. The molecule has 1 aromatic heterocycles. The quantitative estimate of drug-likeness (QED) is 0.482. The van der Waals surface area contributed by atoms with Crippen molar-refractivity contribution >= 4 is 28.2 Å². The molecule has 2 saturated heterocycles. The van der Waals surface area contributed by atoms with Gasteiger partial charge in [0, 0.05) is 37.0 Å². The average molecular weight is 534 g/mol. The lowest BCUT2D eigenvalue weighted by molar-refractivity contribution is 0.0997. The van der Waals surface area contributed by atoms with E-state index >= 15 is 0 Å². The van der Waals surface area contributed by atoms with E-state index in [1.54, 1.807) is 23.1 Å². The number of fused-ring (bicyclic) bond motifs is 2. The Balaban J connectivity index is 1.41. The molecule has 1 N–H and O–H groups in total. The first-order valence-corrected chi connectivity index (χ1v) is 14.2. The molecule has 0 unspecified atom stereocenters. The fourth-order valence-electron chi connectivity index (χ4n) is 6.32. The molecule has 9 heteroatoms. The van der Waals surface area contributed by atoms with Crippen molar-refractivity contribution < 1.29 is 19.0 Å². The first kappa shape index (κ1) is 25.8. The number of likely N-dealkylation sites (tertiary alicyclic amines) is 1. The largest absolute Gasteiger partial charge is 0.508 e. The number of aryl methyl sites for hydroxylation is 1. The third kappa shape index (κ3) is 4.88. The highest BCUT2D eigenvalue weighted by Crippen LogP contribution is 2.41. The van der Waals surface area contributed by atoms with Crippen LogP contribution in [0, 0.1) is 11.7 Å². The minimum absolute atomic E-state index is 0.0271. The van der Waals surface area contributed by atoms with Gasteiger partial charge >= 0.3 is 6.01 Å². The van der Waals surface area contributed by atoms with Crippen LogP contribution in [0.15, 0.2) is 24.3 Å². The normalized spacial score (nSPS) is 20.1. The van der Waals surface area contributed by atoms with Gasteiger partial charge in [-0.3, -0.25) is 4.79 Å². The molecule has 0 radical (unpaired) electrons. The third-order valence-electron chi connectivity index (χ3n) is 8.33. The minimum Gasteiger partial charge on any atom is -0.508 e.